The van der Waals surface area contributed by atoms with Gasteiger partial charge in [0.05, 0.1) is 13.2 Å². The molecule has 0 spiro atoms. The molecule has 340 valence electrons. The maximum absolute atomic E-state index is 12.1. The number of unbranched alkanes of at least 4 members (excludes halogenated alkanes) is 18. The number of phosphoric ester groups is 1. The molecule has 0 aromatic heterocycles. The third kappa shape index (κ3) is 46.4. The highest BCUT2D eigenvalue weighted by Crippen LogP contribution is 2.42. The third-order valence-corrected chi connectivity index (χ3v) is 10.6. The summed E-state index contributed by atoms with van der Waals surface area (Å²) in [7, 11) is -4.44. The lowest BCUT2D eigenvalue weighted by Crippen LogP contribution is -2.27. The molecular weight excluding hydrogens is 762 g/mol. The van der Waals surface area contributed by atoms with Crippen LogP contribution in [0.4, 0.5) is 0 Å². The van der Waals surface area contributed by atoms with Gasteiger partial charge in [-0.3, -0.25) is 18.6 Å². The van der Waals surface area contributed by atoms with Crippen LogP contribution in [-0.2, 0) is 27.9 Å². The largest absolute Gasteiger partial charge is 0.472 e. The van der Waals surface area contributed by atoms with Crippen molar-refractivity contribution in [1.82, 2.24) is 5.32 Å². The van der Waals surface area contributed by atoms with Crippen molar-refractivity contribution < 1.29 is 37.9 Å². The Hall–Kier alpha value is -2.55. The molecule has 59 heavy (non-hydrogen) atoms. The van der Waals surface area contributed by atoms with E-state index in [0.717, 1.165) is 57.8 Å². The van der Waals surface area contributed by atoms with Gasteiger partial charge in [0.15, 0.2) is 0 Å². The van der Waals surface area contributed by atoms with Crippen molar-refractivity contribution in [3.05, 3.63) is 72.9 Å². The molecular formula is C49H86NO8P. The van der Waals surface area contributed by atoms with E-state index in [4.69, 9.17) is 13.8 Å². The standard InChI is InChI=1S/C49H86NO8P/c1-3-5-7-9-11-13-15-17-19-21-23-25-27-29-31-33-35-37-39-41-48(52)50-43-44-57-59(54,55)58-46-47(51)45-56-49(53)42-40-38-36-34-32-30-28-26-24-22-20-18-16-14-12-10-8-6-4-2/h6,8,12,14,18,20,24,26,30,32,36,38,47,51H,3-5,7,9-11,13,15-17,19,21-23,25,27-29,31,33-35,37,39-46H2,1-2H3,(H,50,52)(H,54,55)/b8-6-,14-12-,20-18-,26-24-,32-30-,38-36-. The molecule has 0 saturated heterocycles. The minimum absolute atomic E-state index is 0.0722. The minimum atomic E-state index is -4.44. The SMILES string of the molecule is CC/C=C\C/C=C\C/C=C\C/C=C\C/C=C\C/C=C\CCC(=O)OCC(O)COP(=O)(O)OCCNC(=O)CCCCCCCCCCCCCCCCCCCCC. The van der Waals surface area contributed by atoms with Crippen LogP contribution < -0.4 is 5.32 Å². The van der Waals surface area contributed by atoms with Crippen molar-refractivity contribution in [2.45, 2.75) is 200 Å². The highest BCUT2D eigenvalue weighted by molar-refractivity contribution is 7.47. The summed E-state index contributed by atoms with van der Waals surface area (Å²) in [5.74, 6) is -0.602. The van der Waals surface area contributed by atoms with Gasteiger partial charge in [-0.15, -0.1) is 0 Å². The average Bonchev–Trinajstić information content (AvgIpc) is 3.22. The number of aliphatic hydroxyl groups is 1. The Morgan fingerprint density at radius 1 is 0.542 bits per heavy atom. The molecule has 0 bridgehead atoms. The summed E-state index contributed by atoms with van der Waals surface area (Å²) in [6.07, 6.45) is 55.6. The molecule has 0 fully saturated rings. The summed E-state index contributed by atoms with van der Waals surface area (Å²) in [4.78, 5) is 33.9. The molecule has 10 heteroatoms. The fraction of sp³-hybridized carbons (Fsp3) is 0.714. The molecule has 0 saturated carbocycles. The molecule has 0 aliphatic carbocycles. The molecule has 9 nitrogen and oxygen atoms in total. The topological polar surface area (TPSA) is 131 Å². The van der Waals surface area contributed by atoms with Crippen LogP contribution in [0.25, 0.3) is 0 Å². The van der Waals surface area contributed by atoms with E-state index in [9.17, 15) is 24.2 Å². The Morgan fingerprint density at radius 2 is 0.949 bits per heavy atom. The van der Waals surface area contributed by atoms with E-state index in [1.807, 2.05) is 12.2 Å². The van der Waals surface area contributed by atoms with Gasteiger partial charge in [0.2, 0.25) is 5.91 Å². The van der Waals surface area contributed by atoms with Crippen LogP contribution in [0.2, 0.25) is 0 Å². The Kier molecular flexibility index (Phi) is 43.0. The summed E-state index contributed by atoms with van der Waals surface area (Å²) in [6.45, 7) is 3.37. The second kappa shape index (κ2) is 45.0. The molecule has 0 aromatic carbocycles. The summed E-state index contributed by atoms with van der Waals surface area (Å²) >= 11 is 0. The number of amides is 1. The number of hydrogen-bond acceptors (Lipinski definition) is 7. The van der Waals surface area contributed by atoms with Gasteiger partial charge in [0, 0.05) is 19.4 Å². The lowest BCUT2D eigenvalue weighted by Gasteiger charge is -2.15. The zero-order valence-corrected chi connectivity index (χ0v) is 38.3. The second-order valence-corrected chi connectivity index (χ2v) is 16.8. The van der Waals surface area contributed by atoms with Crippen LogP contribution >= 0.6 is 7.82 Å². The van der Waals surface area contributed by atoms with E-state index in [-0.39, 0.29) is 32.1 Å². The third-order valence-electron chi connectivity index (χ3n) is 9.66. The monoisotopic (exact) mass is 848 g/mol. The quantitative estimate of drug-likeness (QED) is 0.0239. The van der Waals surface area contributed by atoms with E-state index < -0.39 is 26.5 Å². The summed E-state index contributed by atoms with van der Waals surface area (Å²) in [5, 5.41) is 12.7. The molecule has 0 radical (unpaired) electrons. The Labute approximate surface area is 360 Å². The molecule has 2 unspecified atom stereocenters. The Morgan fingerprint density at radius 3 is 1.39 bits per heavy atom. The molecule has 1 amide bonds. The first kappa shape index (κ1) is 56.5. The molecule has 2 atom stereocenters. The number of rotatable bonds is 43. The highest BCUT2D eigenvalue weighted by Gasteiger charge is 2.23. The van der Waals surface area contributed by atoms with E-state index in [1.54, 1.807) is 0 Å². The molecule has 0 aliphatic rings. The second-order valence-electron chi connectivity index (χ2n) is 15.4. The molecule has 0 aromatic rings. The zero-order chi connectivity index (χ0) is 43.2. The number of phosphoric acid groups is 1. The maximum Gasteiger partial charge on any atom is 0.472 e. The van der Waals surface area contributed by atoms with Crippen molar-refractivity contribution in [2.24, 2.45) is 0 Å². The van der Waals surface area contributed by atoms with Gasteiger partial charge in [0.1, 0.15) is 12.7 Å². The fourth-order valence-corrected chi connectivity index (χ4v) is 6.93. The van der Waals surface area contributed by atoms with Gasteiger partial charge in [-0.05, 0) is 51.4 Å². The van der Waals surface area contributed by atoms with Crippen molar-refractivity contribution >= 4 is 19.7 Å². The lowest BCUT2D eigenvalue weighted by atomic mass is 10.0. The summed E-state index contributed by atoms with van der Waals surface area (Å²) in [5.41, 5.74) is 0. The summed E-state index contributed by atoms with van der Waals surface area (Å²) in [6, 6.07) is 0. The number of ether oxygens (including phenoxy) is 1. The van der Waals surface area contributed by atoms with E-state index in [2.05, 4.69) is 79.9 Å². The number of carbonyl (C=O) groups excluding carboxylic acids is 2. The number of esters is 1. The van der Waals surface area contributed by atoms with E-state index in [0.29, 0.717) is 12.8 Å². The van der Waals surface area contributed by atoms with Crippen LogP contribution in [0.15, 0.2) is 72.9 Å². The normalized spacial score (nSPS) is 13.9. The van der Waals surface area contributed by atoms with Crippen molar-refractivity contribution in [3.63, 3.8) is 0 Å². The van der Waals surface area contributed by atoms with Crippen LogP contribution in [0.1, 0.15) is 194 Å². The molecule has 0 rings (SSSR count). The molecule has 0 aliphatic heterocycles. The lowest BCUT2D eigenvalue weighted by molar-refractivity contribution is -0.147. The first-order chi connectivity index (χ1) is 28.8. The van der Waals surface area contributed by atoms with E-state index in [1.165, 1.54) is 103 Å². The van der Waals surface area contributed by atoms with Crippen molar-refractivity contribution in [1.29, 1.82) is 0 Å². The molecule has 0 heterocycles. The van der Waals surface area contributed by atoms with Gasteiger partial charge in [-0.25, -0.2) is 4.57 Å². The Bertz CT molecular complexity index is 1190. The van der Waals surface area contributed by atoms with Crippen LogP contribution in [-0.4, -0.2) is 54.3 Å². The number of aliphatic hydroxyl groups excluding tert-OH is 1. The highest BCUT2D eigenvalue weighted by atomic mass is 31.2. The van der Waals surface area contributed by atoms with Gasteiger partial charge in [-0.2, -0.15) is 0 Å². The smallest absolute Gasteiger partial charge is 0.463 e. The molecule has 3 N–H and O–H groups in total. The van der Waals surface area contributed by atoms with Crippen LogP contribution in [0.3, 0.4) is 0 Å². The average molecular weight is 848 g/mol. The number of hydrogen-bond donors (Lipinski definition) is 3. The first-order valence-electron chi connectivity index (χ1n) is 23.4. The van der Waals surface area contributed by atoms with Crippen molar-refractivity contribution in [3.8, 4) is 0 Å². The van der Waals surface area contributed by atoms with Gasteiger partial charge < -0.3 is 20.1 Å². The van der Waals surface area contributed by atoms with E-state index >= 15 is 0 Å². The summed E-state index contributed by atoms with van der Waals surface area (Å²) < 4.78 is 26.9. The van der Waals surface area contributed by atoms with Gasteiger partial charge >= 0.3 is 13.8 Å². The Balaban J connectivity index is 3.67. The first-order valence-corrected chi connectivity index (χ1v) is 24.9. The predicted molar refractivity (Wildman–Crippen MR) is 247 cm³/mol. The number of nitrogens with one attached hydrogen (secondary N) is 1. The predicted octanol–water partition coefficient (Wildman–Crippen LogP) is 13.4. The number of allylic oxidation sites excluding steroid dienone is 12. The van der Waals surface area contributed by atoms with Gasteiger partial charge in [-0.1, -0.05) is 202 Å². The fourth-order valence-electron chi connectivity index (χ4n) is 6.17. The van der Waals surface area contributed by atoms with Crippen molar-refractivity contribution in [2.75, 3.05) is 26.4 Å². The van der Waals surface area contributed by atoms with Crippen LogP contribution in [0, 0.1) is 0 Å². The number of carbonyl (C=O) groups is 2. The van der Waals surface area contributed by atoms with Gasteiger partial charge in [0.25, 0.3) is 0 Å². The zero-order valence-electron chi connectivity index (χ0n) is 37.4. The maximum atomic E-state index is 12.1. The van der Waals surface area contributed by atoms with Crippen LogP contribution in [0.5, 0.6) is 0 Å². The minimum Gasteiger partial charge on any atom is -0.463 e.